The number of hydrogen-bond acceptors (Lipinski definition) is 3. The van der Waals surface area contributed by atoms with E-state index in [1.807, 2.05) is 66.7 Å². The number of carbonyl (C=O) groups excluding carboxylic acids is 1. The number of ether oxygens (including phenoxy) is 2. The van der Waals surface area contributed by atoms with Gasteiger partial charge in [-0.2, -0.15) is 0 Å². The van der Waals surface area contributed by atoms with Crippen LogP contribution >= 0.6 is 0 Å². The van der Waals surface area contributed by atoms with E-state index >= 15 is 0 Å². The van der Waals surface area contributed by atoms with Gasteiger partial charge in [-0.15, -0.1) is 0 Å². The molecule has 4 nitrogen and oxygen atoms in total. The molecule has 0 heterocycles. The average Bonchev–Trinajstić information content (AvgIpc) is 2.73. The van der Waals surface area contributed by atoms with Crippen molar-refractivity contribution >= 4 is 5.91 Å². The Morgan fingerprint density at radius 2 is 1.48 bits per heavy atom. The average molecular weight is 361 g/mol. The molecule has 3 rings (SSSR count). The van der Waals surface area contributed by atoms with Crippen LogP contribution in [-0.4, -0.2) is 13.0 Å². The van der Waals surface area contributed by atoms with Gasteiger partial charge in [-0.25, -0.2) is 0 Å². The minimum absolute atomic E-state index is 0.154. The lowest BCUT2D eigenvalue weighted by atomic mass is 10.1. The van der Waals surface area contributed by atoms with Gasteiger partial charge in [0, 0.05) is 6.54 Å². The zero-order valence-electron chi connectivity index (χ0n) is 15.4. The van der Waals surface area contributed by atoms with Crippen LogP contribution in [0.1, 0.15) is 27.0 Å². The fraction of sp³-hybridized carbons (Fsp3) is 0.174. The highest BCUT2D eigenvalue weighted by molar-refractivity contribution is 5.96. The summed E-state index contributed by atoms with van der Waals surface area (Å²) in [5, 5.41) is 2.94. The van der Waals surface area contributed by atoms with Gasteiger partial charge in [-0.05, 0) is 28.8 Å². The van der Waals surface area contributed by atoms with Crippen molar-refractivity contribution in [3.63, 3.8) is 0 Å². The highest BCUT2D eigenvalue weighted by Crippen LogP contribution is 2.17. The summed E-state index contributed by atoms with van der Waals surface area (Å²) in [4.78, 5) is 12.4. The van der Waals surface area contributed by atoms with E-state index in [-0.39, 0.29) is 5.91 Å². The zero-order valence-corrected chi connectivity index (χ0v) is 15.4. The number of hydrogen-bond donors (Lipinski definition) is 1. The van der Waals surface area contributed by atoms with Crippen molar-refractivity contribution in [1.82, 2.24) is 5.32 Å². The predicted octanol–water partition coefficient (Wildman–Crippen LogP) is 4.34. The number of methoxy groups -OCH3 is 1. The monoisotopic (exact) mass is 361 g/mol. The predicted molar refractivity (Wildman–Crippen MR) is 106 cm³/mol. The third-order valence-electron chi connectivity index (χ3n) is 4.18. The Balaban J connectivity index is 1.53. The molecule has 0 bridgehead atoms. The Kier molecular flexibility index (Phi) is 6.61. The third kappa shape index (κ3) is 5.43. The van der Waals surface area contributed by atoms with E-state index in [1.54, 1.807) is 19.2 Å². The van der Waals surface area contributed by atoms with Gasteiger partial charge in [0.1, 0.15) is 5.75 Å². The molecule has 0 aliphatic heterocycles. The molecule has 0 aliphatic rings. The van der Waals surface area contributed by atoms with E-state index in [4.69, 9.17) is 9.47 Å². The minimum Gasteiger partial charge on any atom is -0.496 e. The second-order valence-electron chi connectivity index (χ2n) is 6.18. The number of rotatable bonds is 8. The van der Waals surface area contributed by atoms with Gasteiger partial charge in [-0.1, -0.05) is 66.7 Å². The van der Waals surface area contributed by atoms with E-state index in [2.05, 4.69) is 5.32 Å². The van der Waals surface area contributed by atoms with Crippen LogP contribution < -0.4 is 10.1 Å². The molecule has 27 heavy (non-hydrogen) atoms. The van der Waals surface area contributed by atoms with Gasteiger partial charge in [0.25, 0.3) is 5.91 Å². The molecule has 0 saturated heterocycles. The Bertz CT molecular complexity index is 878. The van der Waals surface area contributed by atoms with Gasteiger partial charge >= 0.3 is 0 Å². The summed E-state index contributed by atoms with van der Waals surface area (Å²) in [6.45, 7) is 1.56. The Labute approximate surface area is 159 Å². The minimum atomic E-state index is -0.154. The first-order valence-electron chi connectivity index (χ1n) is 8.87. The molecule has 0 aromatic heterocycles. The van der Waals surface area contributed by atoms with Gasteiger partial charge < -0.3 is 14.8 Å². The van der Waals surface area contributed by atoms with Crippen LogP contribution in [0.15, 0.2) is 78.9 Å². The van der Waals surface area contributed by atoms with E-state index in [0.29, 0.717) is 31.1 Å². The largest absolute Gasteiger partial charge is 0.496 e. The Morgan fingerprint density at radius 1 is 0.815 bits per heavy atom. The van der Waals surface area contributed by atoms with E-state index in [0.717, 1.165) is 16.7 Å². The number of carbonyl (C=O) groups is 1. The molecule has 4 heteroatoms. The lowest BCUT2D eigenvalue weighted by molar-refractivity contribution is 0.0947. The first kappa shape index (κ1) is 18.7. The van der Waals surface area contributed by atoms with Crippen LogP contribution in [-0.2, 0) is 24.5 Å². The molecule has 3 aromatic carbocycles. The number of nitrogens with one attached hydrogen (secondary N) is 1. The third-order valence-corrected chi connectivity index (χ3v) is 4.18. The molecule has 0 saturated carbocycles. The summed E-state index contributed by atoms with van der Waals surface area (Å²) in [6, 6.07) is 25.3. The van der Waals surface area contributed by atoms with E-state index < -0.39 is 0 Å². The molecule has 0 atom stereocenters. The normalized spacial score (nSPS) is 10.4. The van der Waals surface area contributed by atoms with Crippen molar-refractivity contribution in [3.8, 4) is 5.75 Å². The van der Waals surface area contributed by atoms with Crippen molar-refractivity contribution in [2.45, 2.75) is 19.8 Å². The summed E-state index contributed by atoms with van der Waals surface area (Å²) in [7, 11) is 1.56. The van der Waals surface area contributed by atoms with Crippen LogP contribution in [0.2, 0.25) is 0 Å². The molecule has 0 spiro atoms. The smallest absolute Gasteiger partial charge is 0.255 e. The Hall–Kier alpha value is -3.11. The van der Waals surface area contributed by atoms with Crippen LogP contribution in [0.25, 0.3) is 0 Å². The molecule has 138 valence electrons. The first-order chi connectivity index (χ1) is 13.3. The van der Waals surface area contributed by atoms with Crippen LogP contribution in [0.3, 0.4) is 0 Å². The number of para-hydroxylation sites is 1. The molecule has 1 amide bonds. The molecule has 0 unspecified atom stereocenters. The molecule has 1 N–H and O–H groups in total. The van der Waals surface area contributed by atoms with Crippen molar-refractivity contribution in [2.24, 2.45) is 0 Å². The first-order valence-corrected chi connectivity index (χ1v) is 8.87. The molecular weight excluding hydrogens is 338 g/mol. The highest BCUT2D eigenvalue weighted by atomic mass is 16.5. The zero-order chi connectivity index (χ0) is 18.9. The van der Waals surface area contributed by atoms with E-state index in [9.17, 15) is 4.79 Å². The van der Waals surface area contributed by atoms with Crippen LogP contribution in [0.4, 0.5) is 0 Å². The quantitative estimate of drug-likeness (QED) is 0.649. The Morgan fingerprint density at radius 3 is 2.30 bits per heavy atom. The standard InChI is InChI=1S/C23H23NO3/c1-26-22-13-6-5-12-21(22)23(25)24-15-19-10-7-11-20(14-19)17-27-16-18-8-3-2-4-9-18/h2-14H,15-17H2,1H3,(H,24,25). The highest BCUT2D eigenvalue weighted by Gasteiger charge is 2.10. The second-order valence-corrected chi connectivity index (χ2v) is 6.18. The van der Waals surface area contributed by atoms with Crippen molar-refractivity contribution in [3.05, 3.63) is 101 Å². The number of benzene rings is 3. The molecule has 0 aliphatic carbocycles. The lowest BCUT2D eigenvalue weighted by Crippen LogP contribution is -2.23. The summed E-state index contributed by atoms with van der Waals surface area (Å²) in [6.07, 6.45) is 0. The molecular formula is C23H23NO3. The maximum Gasteiger partial charge on any atom is 0.255 e. The van der Waals surface area contributed by atoms with Crippen molar-refractivity contribution < 1.29 is 14.3 Å². The van der Waals surface area contributed by atoms with Gasteiger partial charge in [0.15, 0.2) is 0 Å². The second kappa shape index (κ2) is 9.55. The fourth-order valence-electron chi connectivity index (χ4n) is 2.80. The molecule has 0 fully saturated rings. The summed E-state index contributed by atoms with van der Waals surface area (Å²) >= 11 is 0. The fourth-order valence-corrected chi connectivity index (χ4v) is 2.80. The van der Waals surface area contributed by atoms with Crippen molar-refractivity contribution in [2.75, 3.05) is 7.11 Å². The molecule has 3 aromatic rings. The maximum atomic E-state index is 12.4. The van der Waals surface area contributed by atoms with E-state index in [1.165, 1.54) is 0 Å². The van der Waals surface area contributed by atoms with Gasteiger partial charge in [-0.3, -0.25) is 4.79 Å². The summed E-state index contributed by atoms with van der Waals surface area (Å²) < 4.78 is 11.0. The summed E-state index contributed by atoms with van der Waals surface area (Å²) in [5.74, 6) is 0.413. The lowest BCUT2D eigenvalue weighted by Gasteiger charge is -2.10. The van der Waals surface area contributed by atoms with Crippen LogP contribution in [0.5, 0.6) is 5.75 Å². The van der Waals surface area contributed by atoms with Crippen LogP contribution in [0, 0.1) is 0 Å². The topological polar surface area (TPSA) is 47.6 Å². The van der Waals surface area contributed by atoms with Gasteiger partial charge in [0.2, 0.25) is 0 Å². The SMILES string of the molecule is COc1ccccc1C(=O)NCc1cccc(COCc2ccccc2)c1. The van der Waals surface area contributed by atoms with Gasteiger partial charge in [0.05, 0.1) is 25.9 Å². The van der Waals surface area contributed by atoms with Crippen molar-refractivity contribution in [1.29, 1.82) is 0 Å². The summed E-state index contributed by atoms with van der Waals surface area (Å²) in [5.41, 5.74) is 3.79. The maximum absolute atomic E-state index is 12.4. The number of amides is 1. The molecule has 0 radical (unpaired) electrons.